The fraction of sp³-hybridized carbons (Fsp3) is 0.222. The Bertz CT molecular complexity index is 393. The molecule has 0 atom stereocenters. The molecule has 82 valence electrons. The Morgan fingerprint density at radius 1 is 1.53 bits per heavy atom. The number of alkyl halides is 2. The minimum Gasteiger partial charge on any atom is -0.504 e. The summed E-state index contributed by atoms with van der Waals surface area (Å²) in [6.07, 6.45) is -0.542. The SMILES string of the molecule is COc1cc(Cl)c(C(F)(F)C=O)cc1O. The number of phenols is 1. The number of hydrogen-bond donors (Lipinski definition) is 1. The number of halogens is 3. The van der Waals surface area contributed by atoms with Gasteiger partial charge in [-0.3, -0.25) is 4.79 Å². The molecule has 0 heterocycles. The van der Waals surface area contributed by atoms with Gasteiger partial charge in [-0.05, 0) is 6.07 Å². The molecular weight excluding hydrogens is 230 g/mol. The fourth-order valence-corrected chi connectivity index (χ4v) is 1.31. The Morgan fingerprint density at radius 2 is 2.13 bits per heavy atom. The smallest absolute Gasteiger partial charge is 0.329 e. The van der Waals surface area contributed by atoms with Crippen LogP contribution in [0.1, 0.15) is 5.56 Å². The van der Waals surface area contributed by atoms with Gasteiger partial charge in [-0.2, -0.15) is 8.78 Å². The van der Waals surface area contributed by atoms with Gasteiger partial charge in [-0.15, -0.1) is 0 Å². The maximum absolute atomic E-state index is 13.0. The van der Waals surface area contributed by atoms with E-state index in [0.29, 0.717) is 6.07 Å². The molecule has 0 unspecified atom stereocenters. The molecule has 1 aromatic carbocycles. The molecule has 0 radical (unpaired) electrons. The number of aromatic hydroxyl groups is 1. The Kier molecular flexibility index (Phi) is 3.14. The van der Waals surface area contributed by atoms with Gasteiger partial charge in [0.15, 0.2) is 17.8 Å². The number of aldehydes is 1. The number of methoxy groups -OCH3 is 1. The zero-order valence-corrected chi connectivity index (χ0v) is 8.39. The summed E-state index contributed by atoms with van der Waals surface area (Å²) < 4.78 is 30.6. The minimum atomic E-state index is -3.72. The molecule has 0 amide bonds. The van der Waals surface area contributed by atoms with Gasteiger partial charge in [0.25, 0.3) is 0 Å². The fourth-order valence-electron chi connectivity index (χ4n) is 1.03. The first-order valence-corrected chi connectivity index (χ1v) is 4.21. The molecule has 0 saturated carbocycles. The number of phenolic OH excluding ortho intramolecular Hbond substituents is 1. The van der Waals surface area contributed by atoms with Gasteiger partial charge in [0.1, 0.15) is 0 Å². The van der Waals surface area contributed by atoms with Crippen LogP contribution in [0, 0.1) is 0 Å². The summed E-state index contributed by atoms with van der Waals surface area (Å²) in [4.78, 5) is 10.1. The largest absolute Gasteiger partial charge is 0.504 e. The third-order valence-corrected chi connectivity index (χ3v) is 2.09. The van der Waals surface area contributed by atoms with Crippen molar-refractivity contribution in [2.24, 2.45) is 0 Å². The van der Waals surface area contributed by atoms with Crippen LogP contribution >= 0.6 is 11.6 Å². The molecule has 0 aliphatic rings. The zero-order valence-electron chi connectivity index (χ0n) is 7.63. The van der Waals surface area contributed by atoms with Crippen LogP contribution in [0.15, 0.2) is 12.1 Å². The highest BCUT2D eigenvalue weighted by molar-refractivity contribution is 6.31. The monoisotopic (exact) mass is 236 g/mol. The van der Waals surface area contributed by atoms with Crippen LogP contribution in [0.5, 0.6) is 11.5 Å². The number of rotatable bonds is 3. The third-order valence-electron chi connectivity index (χ3n) is 1.78. The van der Waals surface area contributed by atoms with Gasteiger partial charge in [0.05, 0.1) is 17.7 Å². The molecule has 1 rings (SSSR count). The van der Waals surface area contributed by atoms with Crippen molar-refractivity contribution in [2.45, 2.75) is 5.92 Å². The second-order valence-electron chi connectivity index (χ2n) is 2.74. The van der Waals surface area contributed by atoms with E-state index in [-0.39, 0.29) is 10.8 Å². The van der Waals surface area contributed by atoms with Gasteiger partial charge in [-0.1, -0.05) is 11.6 Å². The lowest BCUT2D eigenvalue weighted by atomic mass is 10.1. The molecule has 1 N–H and O–H groups in total. The third kappa shape index (κ3) is 2.18. The van der Waals surface area contributed by atoms with Crippen molar-refractivity contribution in [3.63, 3.8) is 0 Å². The lowest BCUT2D eigenvalue weighted by Crippen LogP contribution is -2.15. The summed E-state index contributed by atoms with van der Waals surface area (Å²) in [6, 6.07) is 1.72. The van der Waals surface area contributed by atoms with Crippen molar-refractivity contribution in [2.75, 3.05) is 7.11 Å². The normalized spacial score (nSPS) is 11.2. The van der Waals surface area contributed by atoms with Crippen LogP contribution in [0.3, 0.4) is 0 Å². The van der Waals surface area contributed by atoms with Crippen LogP contribution in [0.4, 0.5) is 8.78 Å². The highest BCUT2D eigenvalue weighted by Crippen LogP contribution is 2.38. The molecule has 6 heteroatoms. The second-order valence-corrected chi connectivity index (χ2v) is 3.15. The lowest BCUT2D eigenvalue weighted by molar-refractivity contribution is -0.130. The highest BCUT2D eigenvalue weighted by Gasteiger charge is 2.34. The number of carbonyl (C=O) groups excluding carboxylic acids is 1. The molecule has 1 aromatic rings. The minimum absolute atomic E-state index is 0.0366. The molecule has 0 spiro atoms. The van der Waals surface area contributed by atoms with Crippen LogP contribution in [0.2, 0.25) is 5.02 Å². The molecule has 0 saturated heterocycles. The zero-order chi connectivity index (χ0) is 11.6. The summed E-state index contributed by atoms with van der Waals surface area (Å²) >= 11 is 5.51. The van der Waals surface area contributed by atoms with Crippen molar-refractivity contribution in [3.05, 3.63) is 22.7 Å². The van der Waals surface area contributed by atoms with Crippen molar-refractivity contribution in [3.8, 4) is 11.5 Å². The van der Waals surface area contributed by atoms with Gasteiger partial charge in [0, 0.05) is 6.07 Å². The van der Waals surface area contributed by atoms with Crippen LogP contribution in [0.25, 0.3) is 0 Å². The average Bonchev–Trinajstić information content (AvgIpc) is 2.20. The van der Waals surface area contributed by atoms with Gasteiger partial charge >= 0.3 is 5.92 Å². The first-order chi connectivity index (χ1) is 6.92. The molecule has 0 bridgehead atoms. The topological polar surface area (TPSA) is 46.5 Å². The maximum Gasteiger partial charge on any atom is 0.329 e. The Balaban J connectivity index is 3.34. The quantitative estimate of drug-likeness (QED) is 0.820. The van der Waals surface area contributed by atoms with Crippen molar-refractivity contribution >= 4 is 17.9 Å². The van der Waals surface area contributed by atoms with E-state index in [1.165, 1.54) is 7.11 Å². The van der Waals surface area contributed by atoms with E-state index in [9.17, 15) is 18.7 Å². The first kappa shape index (κ1) is 11.7. The average molecular weight is 237 g/mol. The van der Waals surface area contributed by atoms with E-state index >= 15 is 0 Å². The molecule has 0 aliphatic heterocycles. The van der Waals surface area contributed by atoms with Crippen molar-refractivity contribution < 1.29 is 23.4 Å². The predicted octanol–water partition coefficient (Wildman–Crippen LogP) is 2.34. The standard InChI is InChI=1S/C9H7ClF2O3/c1-15-8-3-6(10)5(2-7(8)14)9(11,12)4-13/h2-4,14H,1H3. The predicted molar refractivity (Wildman–Crippen MR) is 49.6 cm³/mol. The number of ether oxygens (including phenoxy) is 1. The summed E-state index contributed by atoms with van der Waals surface area (Å²) in [6.45, 7) is 0. The Hall–Kier alpha value is -1.36. The van der Waals surface area contributed by atoms with E-state index in [1.807, 2.05) is 0 Å². The molecule has 3 nitrogen and oxygen atoms in total. The van der Waals surface area contributed by atoms with E-state index < -0.39 is 23.5 Å². The van der Waals surface area contributed by atoms with E-state index in [4.69, 9.17) is 11.6 Å². The molecular formula is C9H7ClF2O3. The number of carbonyl (C=O) groups is 1. The summed E-state index contributed by atoms with van der Waals surface area (Å²) in [5.74, 6) is -4.26. The van der Waals surface area contributed by atoms with Gasteiger partial charge in [0.2, 0.25) is 0 Å². The first-order valence-electron chi connectivity index (χ1n) is 3.83. The Morgan fingerprint density at radius 3 is 2.60 bits per heavy atom. The van der Waals surface area contributed by atoms with Crippen molar-refractivity contribution in [1.82, 2.24) is 0 Å². The number of benzene rings is 1. The maximum atomic E-state index is 13.0. The Labute approximate surface area is 89.2 Å². The van der Waals surface area contributed by atoms with Gasteiger partial charge < -0.3 is 9.84 Å². The molecule has 0 aromatic heterocycles. The summed E-state index contributed by atoms with van der Waals surface area (Å²) in [7, 11) is 1.25. The molecule has 15 heavy (non-hydrogen) atoms. The highest BCUT2D eigenvalue weighted by atomic mass is 35.5. The van der Waals surface area contributed by atoms with Crippen molar-refractivity contribution in [1.29, 1.82) is 0 Å². The van der Waals surface area contributed by atoms with Crippen LogP contribution < -0.4 is 4.74 Å². The molecule has 0 fully saturated rings. The van der Waals surface area contributed by atoms with E-state index in [0.717, 1.165) is 6.07 Å². The second kappa shape index (κ2) is 4.02. The van der Waals surface area contributed by atoms with E-state index in [2.05, 4.69) is 4.74 Å². The van der Waals surface area contributed by atoms with Crippen LogP contribution in [-0.2, 0) is 10.7 Å². The van der Waals surface area contributed by atoms with E-state index in [1.54, 1.807) is 0 Å². The van der Waals surface area contributed by atoms with Crippen LogP contribution in [-0.4, -0.2) is 18.5 Å². The summed E-state index contributed by atoms with van der Waals surface area (Å²) in [5, 5.41) is 8.90. The number of hydrogen-bond acceptors (Lipinski definition) is 3. The summed E-state index contributed by atoms with van der Waals surface area (Å²) in [5.41, 5.74) is -0.752. The van der Waals surface area contributed by atoms with Gasteiger partial charge in [-0.25, -0.2) is 0 Å². The molecule has 0 aliphatic carbocycles. The lowest BCUT2D eigenvalue weighted by Gasteiger charge is -2.13.